The van der Waals surface area contributed by atoms with Crippen LogP contribution in [0.2, 0.25) is 0 Å². The predicted molar refractivity (Wildman–Crippen MR) is 148 cm³/mol. The molecule has 2 aromatic rings. The van der Waals surface area contributed by atoms with Crippen LogP contribution in [-0.2, 0) is 0 Å². The zero-order valence-corrected chi connectivity index (χ0v) is 23.6. The highest BCUT2D eigenvalue weighted by atomic mass is 32.1. The summed E-state index contributed by atoms with van der Waals surface area (Å²) in [4.78, 5) is 31.1. The van der Waals surface area contributed by atoms with Crippen molar-refractivity contribution >= 4 is 33.6 Å². The quantitative estimate of drug-likeness (QED) is 0.533. The number of aromatic nitrogens is 2. The molecular formula is C28H43N5O3S. The molecule has 1 aliphatic heterocycles. The Balaban J connectivity index is 1.18. The maximum atomic E-state index is 13.2. The molecule has 1 saturated heterocycles. The van der Waals surface area contributed by atoms with E-state index in [2.05, 4.69) is 42.6 Å². The molecule has 1 atom stereocenters. The van der Waals surface area contributed by atoms with Gasteiger partial charge in [0.15, 0.2) is 0 Å². The highest BCUT2D eigenvalue weighted by Gasteiger charge is 2.40. The molecular weight excluding hydrogens is 486 g/mol. The summed E-state index contributed by atoms with van der Waals surface area (Å²) in [6, 6.07) is 3.16. The van der Waals surface area contributed by atoms with Crippen molar-refractivity contribution in [2.24, 2.45) is 5.41 Å². The van der Waals surface area contributed by atoms with Crippen LogP contribution in [0.3, 0.4) is 0 Å². The number of amides is 2. The fourth-order valence-electron chi connectivity index (χ4n) is 6.70. The summed E-state index contributed by atoms with van der Waals surface area (Å²) in [6.07, 6.45) is 9.40. The molecule has 1 unspecified atom stereocenters. The van der Waals surface area contributed by atoms with Gasteiger partial charge in [-0.25, -0.2) is 4.79 Å². The Morgan fingerprint density at radius 3 is 2.38 bits per heavy atom. The van der Waals surface area contributed by atoms with Crippen LogP contribution in [0.5, 0.6) is 0 Å². The molecule has 2 aromatic heterocycles. The summed E-state index contributed by atoms with van der Waals surface area (Å²) in [5, 5.41) is 18.9. The van der Waals surface area contributed by atoms with Crippen molar-refractivity contribution in [2.75, 3.05) is 19.6 Å². The normalized spacial score (nSPS) is 26.5. The number of rotatable bonds is 4. The van der Waals surface area contributed by atoms with E-state index >= 15 is 0 Å². The van der Waals surface area contributed by atoms with Gasteiger partial charge in [0.05, 0.1) is 22.7 Å². The van der Waals surface area contributed by atoms with E-state index in [-0.39, 0.29) is 23.4 Å². The smallest absolute Gasteiger partial charge is 0.407 e. The third-order valence-electron chi connectivity index (χ3n) is 8.92. The van der Waals surface area contributed by atoms with E-state index < -0.39 is 6.09 Å². The standard InChI is InChI=1S/C28H43N5O3S/c1-18-22-16-23(37-26(22)33(30-18)21-8-6-5-7-9-21)25(34)29-19-10-12-20(13-11-19)31-14-15-32(27(35)36)24(17-31)28(2,3)4/h16,19-21,24H,5-15,17H2,1-4H3,(H,29,34)(H,35,36)/t19-,20+,24?. The number of hydrogen-bond acceptors (Lipinski definition) is 5. The number of fused-ring (bicyclic) bond motifs is 1. The van der Waals surface area contributed by atoms with Crippen LogP contribution >= 0.6 is 11.3 Å². The second-order valence-corrected chi connectivity index (χ2v) is 13.5. The summed E-state index contributed by atoms with van der Waals surface area (Å²) in [7, 11) is 0. The molecule has 0 aromatic carbocycles. The Morgan fingerprint density at radius 1 is 1.03 bits per heavy atom. The molecule has 3 heterocycles. The highest BCUT2D eigenvalue weighted by molar-refractivity contribution is 7.20. The molecule has 3 aliphatic rings. The average molecular weight is 530 g/mol. The number of nitrogens with zero attached hydrogens (tertiary/aromatic N) is 4. The monoisotopic (exact) mass is 529 g/mol. The summed E-state index contributed by atoms with van der Waals surface area (Å²) < 4.78 is 2.20. The lowest BCUT2D eigenvalue weighted by molar-refractivity contribution is -0.00188. The summed E-state index contributed by atoms with van der Waals surface area (Å²) >= 11 is 1.59. The number of thiophene rings is 1. The minimum Gasteiger partial charge on any atom is -0.465 e. The number of nitrogens with one attached hydrogen (secondary N) is 1. The highest BCUT2D eigenvalue weighted by Crippen LogP contribution is 2.36. The van der Waals surface area contributed by atoms with E-state index in [1.807, 2.05) is 6.07 Å². The minimum absolute atomic E-state index is 0.00266. The largest absolute Gasteiger partial charge is 0.465 e. The van der Waals surface area contributed by atoms with Gasteiger partial charge in [-0.05, 0) is 56.9 Å². The second kappa shape index (κ2) is 10.6. The van der Waals surface area contributed by atoms with Crippen LogP contribution in [0.1, 0.15) is 100.0 Å². The minimum atomic E-state index is -0.811. The van der Waals surface area contributed by atoms with E-state index in [0.29, 0.717) is 18.6 Å². The molecule has 3 fully saturated rings. The van der Waals surface area contributed by atoms with E-state index in [1.54, 1.807) is 16.2 Å². The topological polar surface area (TPSA) is 90.7 Å². The first-order chi connectivity index (χ1) is 17.6. The van der Waals surface area contributed by atoms with Gasteiger partial charge in [0.25, 0.3) is 5.91 Å². The van der Waals surface area contributed by atoms with E-state index in [0.717, 1.165) is 59.6 Å². The lowest BCUT2D eigenvalue weighted by Crippen LogP contribution is -2.61. The molecule has 204 valence electrons. The average Bonchev–Trinajstić information content (AvgIpc) is 3.45. The SMILES string of the molecule is Cc1nn(C2CCCCC2)c2sc(C(=O)N[C@H]3CC[C@@H](N4CCN(C(=O)O)C(C(C)(C)C)C4)CC3)cc12. The third kappa shape index (κ3) is 5.53. The zero-order valence-electron chi connectivity index (χ0n) is 22.8. The van der Waals surface area contributed by atoms with Gasteiger partial charge in [0.1, 0.15) is 4.83 Å². The number of carbonyl (C=O) groups excluding carboxylic acids is 1. The molecule has 37 heavy (non-hydrogen) atoms. The van der Waals surface area contributed by atoms with Crippen molar-refractivity contribution in [3.63, 3.8) is 0 Å². The van der Waals surface area contributed by atoms with Gasteiger partial charge >= 0.3 is 6.09 Å². The first kappa shape index (κ1) is 26.5. The van der Waals surface area contributed by atoms with Crippen molar-refractivity contribution in [1.82, 2.24) is 24.9 Å². The van der Waals surface area contributed by atoms with Crippen LogP contribution in [0.25, 0.3) is 10.2 Å². The summed E-state index contributed by atoms with van der Waals surface area (Å²) in [5.74, 6) is 0.0436. The van der Waals surface area contributed by atoms with Gasteiger partial charge in [-0.2, -0.15) is 5.10 Å². The second-order valence-electron chi connectivity index (χ2n) is 12.5. The van der Waals surface area contributed by atoms with Gasteiger partial charge < -0.3 is 15.3 Å². The molecule has 0 spiro atoms. The van der Waals surface area contributed by atoms with E-state index in [9.17, 15) is 14.7 Å². The molecule has 2 N–H and O–H groups in total. The number of piperazine rings is 1. The fourth-order valence-corrected chi connectivity index (χ4v) is 7.84. The van der Waals surface area contributed by atoms with Gasteiger partial charge in [0.2, 0.25) is 0 Å². The predicted octanol–water partition coefficient (Wildman–Crippen LogP) is 5.66. The molecule has 2 amide bonds. The van der Waals surface area contributed by atoms with Gasteiger partial charge in [-0.3, -0.25) is 14.4 Å². The Morgan fingerprint density at radius 2 is 1.73 bits per heavy atom. The Kier molecular flexibility index (Phi) is 7.56. The van der Waals surface area contributed by atoms with Crippen LogP contribution in [0, 0.1) is 12.3 Å². The third-order valence-corrected chi connectivity index (χ3v) is 10.0. The number of aryl methyl sites for hydroxylation is 1. The van der Waals surface area contributed by atoms with E-state index in [4.69, 9.17) is 5.10 Å². The van der Waals surface area contributed by atoms with Gasteiger partial charge in [-0.1, -0.05) is 40.0 Å². The number of hydrogen-bond donors (Lipinski definition) is 2. The van der Waals surface area contributed by atoms with E-state index in [1.165, 1.54) is 32.1 Å². The van der Waals surface area contributed by atoms with Crippen molar-refractivity contribution in [3.05, 3.63) is 16.6 Å². The van der Waals surface area contributed by atoms with Crippen LogP contribution in [0.4, 0.5) is 4.79 Å². The Labute approximate surface area is 224 Å². The first-order valence-corrected chi connectivity index (χ1v) is 15.0. The molecule has 2 saturated carbocycles. The molecule has 5 rings (SSSR count). The Bertz CT molecular complexity index is 1120. The molecule has 8 nitrogen and oxygen atoms in total. The van der Waals surface area contributed by atoms with Crippen molar-refractivity contribution in [1.29, 1.82) is 0 Å². The molecule has 2 aliphatic carbocycles. The summed E-state index contributed by atoms with van der Waals surface area (Å²) in [6.45, 7) is 10.6. The maximum Gasteiger partial charge on any atom is 0.407 e. The van der Waals surface area contributed by atoms with Crippen LogP contribution in [0.15, 0.2) is 6.07 Å². The first-order valence-electron chi connectivity index (χ1n) is 14.1. The molecule has 0 bridgehead atoms. The lowest BCUT2D eigenvalue weighted by Gasteiger charge is -2.49. The molecule has 9 heteroatoms. The fraction of sp³-hybridized carbons (Fsp3) is 0.750. The summed E-state index contributed by atoms with van der Waals surface area (Å²) in [5.41, 5.74) is 0.923. The van der Waals surface area contributed by atoms with Crippen LogP contribution < -0.4 is 5.32 Å². The number of carboxylic acid groups (broad SMARTS) is 1. The van der Waals surface area contributed by atoms with Gasteiger partial charge in [0, 0.05) is 37.1 Å². The lowest BCUT2D eigenvalue weighted by atomic mass is 9.82. The van der Waals surface area contributed by atoms with Crippen molar-refractivity contribution in [2.45, 2.75) is 110 Å². The Hall–Kier alpha value is -2.13. The number of carbonyl (C=O) groups is 2. The maximum absolute atomic E-state index is 13.2. The van der Waals surface area contributed by atoms with Crippen molar-refractivity contribution < 1.29 is 14.7 Å². The zero-order chi connectivity index (χ0) is 26.3. The molecule has 0 radical (unpaired) electrons. The van der Waals surface area contributed by atoms with Crippen molar-refractivity contribution in [3.8, 4) is 0 Å². The van der Waals surface area contributed by atoms with Gasteiger partial charge in [-0.15, -0.1) is 11.3 Å². The van der Waals surface area contributed by atoms with Crippen LogP contribution in [-0.4, -0.2) is 74.4 Å².